The third-order valence-electron chi connectivity index (χ3n) is 6.83. The quantitative estimate of drug-likeness (QED) is 0.230. The molecule has 220 valence electrons. The van der Waals surface area contributed by atoms with E-state index in [0.29, 0.717) is 11.6 Å². The van der Waals surface area contributed by atoms with Gasteiger partial charge in [0.1, 0.15) is 11.6 Å². The molecule has 0 saturated heterocycles. The number of carbonyl (C=O) groups is 1. The summed E-state index contributed by atoms with van der Waals surface area (Å²) in [5.74, 6) is -4.09. The van der Waals surface area contributed by atoms with E-state index in [1.165, 1.54) is 18.2 Å². The van der Waals surface area contributed by atoms with Crippen LogP contribution in [0.25, 0.3) is 0 Å². The fourth-order valence-corrected chi connectivity index (χ4v) is 4.69. The molecule has 1 heterocycles. The molecule has 0 saturated carbocycles. The molecule has 1 aromatic heterocycles. The van der Waals surface area contributed by atoms with Crippen molar-refractivity contribution in [2.24, 2.45) is 0 Å². The van der Waals surface area contributed by atoms with Crippen LogP contribution >= 0.6 is 0 Å². The van der Waals surface area contributed by atoms with Gasteiger partial charge in [-0.05, 0) is 47.9 Å². The number of aliphatic hydroxyl groups is 1. The molecular weight excluding hydrogens is 572 g/mol. The smallest absolute Gasteiger partial charge is 0.369 e. The van der Waals surface area contributed by atoms with Gasteiger partial charge in [-0.15, -0.1) is 0 Å². The maximum absolute atomic E-state index is 14.7. The number of benzene rings is 3. The van der Waals surface area contributed by atoms with Crippen LogP contribution < -0.4 is 5.32 Å². The number of nitrogens with zero attached hydrogens (tertiary/aromatic N) is 1. The first-order valence-electron chi connectivity index (χ1n) is 12.3. The summed E-state index contributed by atoms with van der Waals surface area (Å²) in [4.78, 5) is 17.2. The summed E-state index contributed by atoms with van der Waals surface area (Å²) >= 11 is 0. The summed E-state index contributed by atoms with van der Waals surface area (Å²) in [5, 5.41) is 12.8. The van der Waals surface area contributed by atoms with Crippen molar-refractivity contribution in [3.63, 3.8) is 0 Å². The number of nitrogens with one attached hydrogen (secondary N) is 1. The molecule has 0 bridgehead atoms. The molecule has 4 nitrogen and oxygen atoms in total. The molecule has 0 fully saturated rings. The van der Waals surface area contributed by atoms with E-state index in [1.807, 2.05) is 5.32 Å². The minimum Gasteiger partial charge on any atom is -0.369 e. The number of pyridine rings is 1. The molecule has 0 aliphatic rings. The lowest BCUT2D eigenvalue weighted by atomic mass is 9.72. The van der Waals surface area contributed by atoms with Crippen molar-refractivity contribution < 1.29 is 45.0 Å². The predicted octanol–water partition coefficient (Wildman–Crippen LogP) is 6.47. The van der Waals surface area contributed by atoms with E-state index in [9.17, 15) is 45.0 Å². The van der Waals surface area contributed by atoms with E-state index in [4.69, 9.17) is 0 Å². The van der Waals surface area contributed by atoms with E-state index >= 15 is 0 Å². The summed E-state index contributed by atoms with van der Waals surface area (Å²) in [6.07, 6.45) is -10.1. The zero-order valence-electron chi connectivity index (χ0n) is 21.5. The highest BCUT2D eigenvalue weighted by atomic mass is 19.4. The normalized spacial score (nSPS) is 15.0. The number of hydrogen-bond donors (Lipinski definition) is 2. The fourth-order valence-electron chi connectivity index (χ4n) is 4.69. The first-order chi connectivity index (χ1) is 19.7. The van der Waals surface area contributed by atoms with Crippen LogP contribution in [0, 0.1) is 11.6 Å². The van der Waals surface area contributed by atoms with Gasteiger partial charge in [0.25, 0.3) is 11.5 Å². The Morgan fingerprint density at radius 1 is 0.738 bits per heavy atom. The molecule has 4 aromatic rings. The second kappa shape index (κ2) is 11.5. The Balaban J connectivity index is 1.92. The minimum absolute atomic E-state index is 0.179. The second-order valence-corrected chi connectivity index (χ2v) is 9.59. The van der Waals surface area contributed by atoms with Gasteiger partial charge in [0.05, 0.1) is 22.9 Å². The number of rotatable bonds is 8. The molecule has 0 spiro atoms. The van der Waals surface area contributed by atoms with Crippen LogP contribution in [0.5, 0.6) is 0 Å². The van der Waals surface area contributed by atoms with Gasteiger partial charge in [0.2, 0.25) is 0 Å². The zero-order chi connectivity index (χ0) is 30.8. The topological polar surface area (TPSA) is 62.2 Å². The summed E-state index contributed by atoms with van der Waals surface area (Å²) in [6, 6.07) is 17.0. The largest absolute Gasteiger partial charge is 0.430 e. The number of carbonyl (C=O) groups excluding carboxylic acids is 1. The Morgan fingerprint density at radius 2 is 1.33 bits per heavy atom. The monoisotopic (exact) mass is 594 g/mol. The van der Waals surface area contributed by atoms with Gasteiger partial charge in [-0.25, -0.2) is 8.78 Å². The Labute approximate surface area is 234 Å². The highest BCUT2D eigenvalue weighted by Gasteiger charge is 2.61. The SMILES string of the molecule is O=C(NCC(Cc1ccccc1)(c1cc(F)cc(C(F)(F)F)c1)c1ccc(F)cn1)C(O)(c1ccccc1)C(F)(F)F. The second-order valence-electron chi connectivity index (χ2n) is 9.59. The zero-order valence-corrected chi connectivity index (χ0v) is 21.5. The molecule has 0 aliphatic heterocycles. The van der Waals surface area contributed by atoms with E-state index in [1.54, 1.807) is 30.3 Å². The Bertz CT molecular complexity index is 1530. The number of alkyl halides is 6. The third-order valence-corrected chi connectivity index (χ3v) is 6.83. The molecule has 0 aliphatic carbocycles. The van der Waals surface area contributed by atoms with Crippen LogP contribution in [0.15, 0.2) is 97.2 Å². The molecule has 3 aromatic carbocycles. The van der Waals surface area contributed by atoms with Crippen molar-refractivity contribution in [3.05, 3.63) is 137 Å². The van der Waals surface area contributed by atoms with Crippen LogP contribution in [0.2, 0.25) is 0 Å². The van der Waals surface area contributed by atoms with Gasteiger partial charge >= 0.3 is 12.4 Å². The van der Waals surface area contributed by atoms with Crippen molar-refractivity contribution in [2.45, 2.75) is 29.8 Å². The van der Waals surface area contributed by atoms with Crippen molar-refractivity contribution in [2.75, 3.05) is 6.54 Å². The predicted molar refractivity (Wildman–Crippen MR) is 136 cm³/mol. The fraction of sp³-hybridized carbons (Fsp3) is 0.200. The van der Waals surface area contributed by atoms with Crippen molar-refractivity contribution in [3.8, 4) is 0 Å². The minimum atomic E-state index is -5.52. The van der Waals surface area contributed by atoms with Gasteiger partial charge in [-0.1, -0.05) is 60.7 Å². The Hall–Kier alpha value is -4.32. The van der Waals surface area contributed by atoms with Crippen molar-refractivity contribution in [1.82, 2.24) is 10.3 Å². The average molecular weight is 595 g/mol. The summed E-state index contributed by atoms with van der Waals surface area (Å²) in [7, 11) is 0. The van der Waals surface area contributed by atoms with Crippen molar-refractivity contribution >= 4 is 5.91 Å². The van der Waals surface area contributed by atoms with Crippen LogP contribution in [0.1, 0.15) is 27.9 Å². The summed E-state index contributed by atoms with van der Waals surface area (Å²) < 4.78 is 112. The number of aromatic nitrogens is 1. The third kappa shape index (κ3) is 6.13. The molecule has 4 rings (SSSR count). The lowest BCUT2D eigenvalue weighted by Gasteiger charge is -2.37. The lowest BCUT2D eigenvalue weighted by molar-refractivity contribution is -0.257. The van der Waals surface area contributed by atoms with Gasteiger partial charge in [-0.3, -0.25) is 9.78 Å². The van der Waals surface area contributed by atoms with Gasteiger partial charge in [-0.2, -0.15) is 26.3 Å². The molecule has 2 N–H and O–H groups in total. The maximum atomic E-state index is 14.7. The highest BCUT2D eigenvalue weighted by Crippen LogP contribution is 2.41. The molecule has 42 heavy (non-hydrogen) atoms. The molecular formula is C30H22F8N2O2. The average Bonchev–Trinajstić information content (AvgIpc) is 2.94. The van der Waals surface area contributed by atoms with E-state index in [-0.39, 0.29) is 18.2 Å². The highest BCUT2D eigenvalue weighted by molar-refractivity contribution is 5.87. The van der Waals surface area contributed by atoms with Crippen molar-refractivity contribution in [1.29, 1.82) is 0 Å². The molecule has 0 radical (unpaired) electrons. The lowest BCUT2D eigenvalue weighted by Crippen LogP contribution is -2.57. The Morgan fingerprint density at radius 3 is 1.88 bits per heavy atom. The number of amides is 1. The van der Waals surface area contributed by atoms with Crippen LogP contribution in [-0.4, -0.2) is 28.7 Å². The van der Waals surface area contributed by atoms with Gasteiger partial charge in [0, 0.05) is 12.1 Å². The van der Waals surface area contributed by atoms with E-state index < -0.39 is 64.1 Å². The number of halogens is 8. The molecule has 1 amide bonds. The van der Waals surface area contributed by atoms with Gasteiger partial charge in [0.15, 0.2) is 0 Å². The van der Waals surface area contributed by atoms with E-state index in [2.05, 4.69) is 4.98 Å². The number of hydrogen-bond acceptors (Lipinski definition) is 3. The summed E-state index contributed by atoms with van der Waals surface area (Å²) in [6.45, 7) is -0.897. The Kier molecular flexibility index (Phi) is 8.40. The van der Waals surface area contributed by atoms with E-state index in [0.717, 1.165) is 36.5 Å². The standard InChI is InChI=1S/C30H22F8N2O2/c31-23-11-12-25(39-17-23)27(16-19-7-3-1-4-8-19,21-13-22(29(33,34)35)15-24(32)14-21)18-40-26(41)28(42,30(36,37)38)20-9-5-2-6-10-20/h1-15,17,42H,16,18H2,(H,40,41). The maximum Gasteiger partial charge on any atom is 0.430 e. The molecule has 12 heteroatoms. The first kappa shape index (κ1) is 30.6. The van der Waals surface area contributed by atoms with Crippen LogP contribution in [-0.2, 0) is 28.4 Å². The van der Waals surface area contributed by atoms with Crippen LogP contribution in [0.4, 0.5) is 35.1 Å². The first-order valence-corrected chi connectivity index (χ1v) is 12.3. The van der Waals surface area contributed by atoms with Gasteiger partial charge < -0.3 is 10.4 Å². The molecule has 2 atom stereocenters. The molecule has 2 unspecified atom stereocenters. The van der Waals surface area contributed by atoms with Crippen LogP contribution in [0.3, 0.4) is 0 Å². The summed E-state index contributed by atoms with van der Waals surface area (Å²) in [5.41, 5.74) is -8.41.